The molecule has 1 unspecified atom stereocenters. The number of aromatic amines is 1. The number of ether oxygens (including phenoxy) is 2. The van der Waals surface area contributed by atoms with Crippen molar-refractivity contribution in [2.24, 2.45) is 0 Å². The third kappa shape index (κ3) is 2.29. The van der Waals surface area contributed by atoms with Gasteiger partial charge >= 0.3 is 5.97 Å². The Morgan fingerprint density at radius 2 is 2.36 bits per heavy atom. The van der Waals surface area contributed by atoms with Crippen LogP contribution in [0.4, 0.5) is 0 Å². The van der Waals surface area contributed by atoms with Crippen molar-refractivity contribution in [1.82, 2.24) is 15.2 Å². The molecule has 1 aromatic heterocycles. The van der Waals surface area contributed by atoms with Gasteiger partial charge in [-0.2, -0.15) is 0 Å². The molecular weight excluding hydrogens is 186 g/mol. The molecule has 0 aliphatic heterocycles. The number of rotatable bonds is 4. The molecule has 0 aromatic carbocycles. The first kappa shape index (κ1) is 10.6. The van der Waals surface area contributed by atoms with E-state index in [-0.39, 0.29) is 11.9 Å². The van der Waals surface area contributed by atoms with Crippen LogP contribution in [0.15, 0.2) is 0 Å². The minimum absolute atomic E-state index is 0.0331. The van der Waals surface area contributed by atoms with E-state index in [2.05, 4.69) is 15.2 Å². The number of carbonyl (C=O) groups excluding carboxylic acids is 1. The van der Waals surface area contributed by atoms with Gasteiger partial charge in [0.05, 0.1) is 6.61 Å². The van der Waals surface area contributed by atoms with Gasteiger partial charge in [-0.25, -0.2) is 9.78 Å². The number of hydrogen-bond donors (Lipinski definition) is 1. The van der Waals surface area contributed by atoms with Gasteiger partial charge in [-0.05, 0) is 13.8 Å². The highest BCUT2D eigenvalue weighted by Crippen LogP contribution is 2.09. The maximum absolute atomic E-state index is 11.2. The van der Waals surface area contributed by atoms with E-state index in [1.54, 1.807) is 21.0 Å². The summed E-state index contributed by atoms with van der Waals surface area (Å²) in [5, 5.41) is 6.32. The van der Waals surface area contributed by atoms with E-state index in [0.717, 1.165) is 0 Å². The first-order valence-corrected chi connectivity index (χ1v) is 4.31. The zero-order valence-electron chi connectivity index (χ0n) is 8.40. The Bertz CT molecular complexity index is 311. The van der Waals surface area contributed by atoms with Crippen LogP contribution in [0.25, 0.3) is 0 Å². The first-order valence-electron chi connectivity index (χ1n) is 4.31. The quantitative estimate of drug-likeness (QED) is 0.722. The third-order valence-corrected chi connectivity index (χ3v) is 1.70. The van der Waals surface area contributed by atoms with Crippen molar-refractivity contribution in [3.05, 3.63) is 11.6 Å². The number of methoxy groups -OCH3 is 1. The molecule has 1 heterocycles. The number of nitrogens with one attached hydrogen (secondary N) is 1. The highest BCUT2D eigenvalue weighted by molar-refractivity contribution is 5.84. The van der Waals surface area contributed by atoms with Crippen LogP contribution in [0.2, 0.25) is 0 Å². The molecule has 6 heteroatoms. The maximum Gasteiger partial charge on any atom is 0.378 e. The number of H-pyrrole nitrogens is 1. The third-order valence-electron chi connectivity index (χ3n) is 1.70. The SMILES string of the molecule is CCOC(=O)c1n[nH]c(C(C)OC)n1. The Balaban J connectivity index is 2.72. The van der Waals surface area contributed by atoms with E-state index >= 15 is 0 Å². The van der Waals surface area contributed by atoms with E-state index in [4.69, 9.17) is 9.47 Å². The summed E-state index contributed by atoms with van der Waals surface area (Å²) in [7, 11) is 1.55. The average molecular weight is 199 g/mol. The van der Waals surface area contributed by atoms with Crippen LogP contribution >= 0.6 is 0 Å². The molecule has 1 N–H and O–H groups in total. The summed E-state index contributed by atoms with van der Waals surface area (Å²) in [4.78, 5) is 15.1. The molecule has 0 amide bonds. The van der Waals surface area contributed by atoms with E-state index in [1.807, 2.05) is 0 Å². The number of carbonyl (C=O) groups is 1. The van der Waals surface area contributed by atoms with E-state index < -0.39 is 5.97 Å². The van der Waals surface area contributed by atoms with Crippen LogP contribution in [-0.2, 0) is 9.47 Å². The summed E-state index contributed by atoms with van der Waals surface area (Å²) in [5.74, 6) is 0.0135. The molecule has 78 valence electrons. The van der Waals surface area contributed by atoms with Gasteiger partial charge in [-0.1, -0.05) is 0 Å². The highest BCUT2D eigenvalue weighted by Gasteiger charge is 2.16. The van der Waals surface area contributed by atoms with Crippen LogP contribution in [-0.4, -0.2) is 34.9 Å². The maximum atomic E-state index is 11.2. The molecule has 1 aromatic rings. The van der Waals surface area contributed by atoms with Crippen LogP contribution in [0, 0.1) is 0 Å². The standard InChI is InChI=1S/C8H13N3O3/c1-4-14-8(12)7-9-6(10-11-7)5(2)13-3/h5H,4H2,1-3H3,(H,9,10,11). The fourth-order valence-corrected chi connectivity index (χ4v) is 0.855. The number of hydrogen-bond acceptors (Lipinski definition) is 5. The monoisotopic (exact) mass is 199 g/mol. The molecule has 0 saturated carbocycles. The normalized spacial score (nSPS) is 12.5. The topological polar surface area (TPSA) is 77.1 Å². The Labute approximate surface area is 81.6 Å². The van der Waals surface area contributed by atoms with E-state index in [9.17, 15) is 4.79 Å². The van der Waals surface area contributed by atoms with Crippen LogP contribution < -0.4 is 0 Å². The van der Waals surface area contributed by atoms with Gasteiger partial charge in [0.2, 0.25) is 0 Å². The summed E-state index contributed by atoms with van der Waals surface area (Å²) in [6.07, 6.45) is -0.217. The van der Waals surface area contributed by atoms with Crippen molar-refractivity contribution in [2.75, 3.05) is 13.7 Å². The molecule has 6 nitrogen and oxygen atoms in total. The van der Waals surface area contributed by atoms with Gasteiger partial charge in [-0.3, -0.25) is 5.10 Å². The fourth-order valence-electron chi connectivity index (χ4n) is 0.855. The first-order chi connectivity index (χ1) is 6.69. The lowest BCUT2D eigenvalue weighted by atomic mass is 10.4. The Kier molecular flexibility index (Phi) is 3.58. The van der Waals surface area contributed by atoms with Gasteiger partial charge in [0.25, 0.3) is 5.82 Å². The lowest BCUT2D eigenvalue weighted by molar-refractivity contribution is 0.0512. The predicted molar refractivity (Wildman–Crippen MR) is 47.8 cm³/mol. The second-order valence-corrected chi connectivity index (χ2v) is 2.64. The molecule has 14 heavy (non-hydrogen) atoms. The number of esters is 1. The average Bonchev–Trinajstić information content (AvgIpc) is 2.66. The molecule has 0 fully saturated rings. The Morgan fingerprint density at radius 3 is 2.93 bits per heavy atom. The van der Waals surface area contributed by atoms with Gasteiger partial charge in [0, 0.05) is 7.11 Å². The Morgan fingerprint density at radius 1 is 1.64 bits per heavy atom. The summed E-state index contributed by atoms with van der Waals surface area (Å²) >= 11 is 0. The van der Waals surface area contributed by atoms with Crippen LogP contribution in [0.5, 0.6) is 0 Å². The molecule has 0 radical (unpaired) electrons. The number of aromatic nitrogens is 3. The molecule has 0 aliphatic rings. The lowest BCUT2D eigenvalue weighted by Crippen LogP contribution is -2.07. The minimum atomic E-state index is -0.529. The van der Waals surface area contributed by atoms with Crippen LogP contribution in [0.1, 0.15) is 36.4 Å². The molecular formula is C8H13N3O3. The van der Waals surface area contributed by atoms with Crippen molar-refractivity contribution < 1.29 is 14.3 Å². The summed E-state index contributed by atoms with van der Waals surface area (Å²) in [5.41, 5.74) is 0. The van der Waals surface area contributed by atoms with Crippen LogP contribution in [0.3, 0.4) is 0 Å². The van der Waals surface area contributed by atoms with Crippen molar-refractivity contribution in [3.8, 4) is 0 Å². The van der Waals surface area contributed by atoms with Gasteiger partial charge in [0.1, 0.15) is 6.10 Å². The fraction of sp³-hybridized carbons (Fsp3) is 0.625. The highest BCUT2D eigenvalue weighted by atomic mass is 16.5. The van der Waals surface area contributed by atoms with Crippen molar-refractivity contribution in [1.29, 1.82) is 0 Å². The zero-order valence-corrected chi connectivity index (χ0v) is 8.40. The molecule has 0 saturated heterocycles. The summed E-state index contributed by atoms with van der Waals surface area (Å²) in [6, 6.07) is 0. The van der Waals surface area contributed by atoms with Crippen molar-refractivity contribution in [2.45, 2.75) is 20.0 Å². The van der Waals surface area contributed by atoms with E-state index in [1.165, 1.54) is 0 Å². The van der Waals surface area contributed by atoms with Crippen molar-refractivity contribution >= 4 is 5.97 Å². The summed E-state index contributed by atoms with van der Waals surface area (Å²) in [6.45, 7) is 3.83. The molecule has 1 atom stereocenters. The minimum Gasteiger partial charge on any atom is -0.460 e. The van der Waals surface area contributed by atoms with Crippen molar-refractivity contribution in [3.63, 3.8) is 0 Å². The van der Waals surface area contributed by atoms with E-state index in [0.29, 0.717) is 12.4 Å². The molecule has 0 spiro atoms. The summed E-state index contributed by atoms with van der Waals surface area (Å²) < 4.78 is 9.73. The smallest absolute Gasteiger partial charge is 0.378 e. The number of nitrogens with zero attached hydrogens (tertiary/aromatic N) is 2. The molecule has 1 rings (SSSR count). The van der Waals surface area contributed by atoms with Gasteiger partial charge < -0.3 is 9.47 Å². The molecule has 0 aliphatic carbocycles. The second-order valence-electron chi connectivity index (χ2n) is 2.64. The second kappa shape index (κ2) is 4.71. The molecule has 0 bridgehead atoms. The van der Waals surface area contributed by atoms with Gasteiger partial charge in [-0.15, -0.1) is 5.10 Å². The predicted octanol–water partition coefficient (Wildman–Crippen LogP) is 0.689. The lowest BCUT2D eigenvalue weighted by Gasteiger charge is -2.02. The van der Waals surface area contributed by atoms with Gasteiger partial charge in [0.15, 0.2) is 5.82 Å². The largest absolute Gasteiger partial charge is 0.460 e. The Hall–Kier alpha value is -1.43. The zero-order chi connectivity index (χ0) is 10.6.